The number of thiazole rings is 1. The van der Waals surface area contributed by atoms with Crippen LogP contribution in [0.2, 0.25) is 0 Å². The number of nitrogens with one attached hydrogen (secondary N) is 3. The van der Waals surface area contributed by atoms with E-state index in [0.29, 0.717) is 22.1 Å². The third-order valence-corrected chi connectivity index (χ3v) is 4.99. The van der Waals surface area contributed by atoms with Crippen LogP contribution in [0.4, 0.5) is 10.8 Å². The largest absolute Gasteiger partial charge is 0.459 e. The van der Waals surface area contributed by atoms with Crippen molar-refractivity contribution in [3.63, 3.8) is 0 Å². The Labute approximate surface area is 170 Å². The first-order valence-electron chi connectivity index (χ1n) is 9.07. The molecule has 1 aliphatic rings. The fourth-order valence-electron chi connectivity index (χ4n) is 2.62. The monoisotopic (exact) mass is 410 g/mol. The normalized spacial score (nSPS) is 13.0. The molecule has 0 unspecified atom stereocenters. The summed E-state index contributed by atoms with van der Waals surface area (Å²) in [5.41, 5.74) is 1.58. The highest BCUT2D eigenvalue weighted by Crippen LogP contribution is 2.20. The highest BCUT2D eigenvalue weighted by atomic mass is 32.1. The molecule has 0 spiro atoms. The molecule has 0 aliphatic heterocycles. The molecule has 0 atom stereocenters. The molecule has 3 aromatic rings. The van der Waals surface area contributed by atoms with Crippen molar-refractivity contribution < 1.29 is 18.8 Å². The van der Waals surface area contributed by atoms with E-state index in [-0.39, 0.29) is 30.0 Å². The van der Waals surface area contributed by atoms with Gasteiger partial charge in [0.2, 0.25) is 5.91 Å². The Morgan fingerprint density at radius 1 is 1.10 bits per heavy atom. The molecule has 3 amide bonds. The molecule has 2 heterocycles. The zero-order chi connectivity index (χ0) is 20.2. The van der Waals surface area contributed by atoms with E-state index in [1.54, 1.807) is 41.8 Å². The van der Waals surface area contributed by atoms with Crippen LogP contribution in [0.3, 0.4) is 0 Å². The summed E-state index contributed by atoms with van der Waals surface area (Å²) in [6.45, 7) is 0. The fraction of sp³-hybridized carbons (Fsp3) is 0.200. The van der Waals surface area contributed by atoms with Crippen LogP contribution in [0.1, 0.15) is 39.4 Å². The quantitative estimate of drug-likeness (QED) is 0.554. The van der Waals surface area contributed by atoms with Gasteiger partial charge in [-0.3, -0.25) is 19.7 Å². The van der Waals surface area contributed by atoms with Gasteiger partial charge in [-0.2, -0.15) is 0 Å². The van der Waals surface area contributed by atoms with Crippen molar-refractivity contribution >= 4 is 39.9 Å². The topological polar surface area (TPSA) is 113 Å². The third-order valence-electron chi connectivity index (χ3n) is 4.18. The van der Waals surface area contributed by atoms with Gasteiger partial charge in [-0.1, -0.05) is 6.07 Å². The van der Waals surface area contributed by atoms with Gasteiger partial charge in [0.05, 0.1) is 18.4 Å². The molecular weight excluding hydrogens is 392 g/mol. The van der Waals surface area contributed by atoms with Crippen molar-refractivity contribution in [3.8, 4) is 0 Å². The number of hydrogen-bond acceptors (Lipinski definition) is 6. The number of nitrogens with zero attached hydrogens (tertiary/aromatic N) is 1. The maximum atomic E-state index is 12.3. The number of anilines is 2. The van der Waals surface area contributed by atoms with E-state index in [9.17, 15) is 14.4 Å². The Bertz CT molecular complexity index is 1040. The van der Waals surface area contributed by atoms with E-state index in [0.717, 1.165) is 12.8 Å². The second-order valence-corrected chi connectivity index (χ2v) is 7.49. The number of benzene rings is 1. The Kier molecular flexibility index (Phi) is 5.39. The van der Waals surface area contributed by atoms with E-state index < -0.39 is 5.91 Å². The summed E-state index contributed by atoms with van der Waals surface area (Å²) in [6, 6.07) is 10.2. The van der Waals surface area contributed by atoms with Gasteiger partial charge < -0.3 is 15.1 Å². The third kappa shape index (κ3) is 5.08. The minimum Gasteiger partial charge on any atom is -0.459 e. The summed E-state index contributed by atoms with van der Waals surface area (Å²) in [5.74, 6) is -0.620. The number of aromatic nitrogens is 1. The Balaban J connectivity index is 1.32. The van der Waals surface area contributed by atoms with E-state index in [1.807, 2.05) is 0 Å². The first-order valence-corrected chi connectivity index (χ1v) is 9.95. The molecule has 3 N–H and O–H groups in total. The zero-order valence-corrected chi connectivity index (χ0v) is 16.1. The molecule has 1 saturated carbocycles. The van der Waals surface area contributed by atoms with Crippen molar-refractivity contribution in [2.75, 3.05) is 10.6 Å². The highest BCUT2D eigenvalue weighted by Gasteiger charge is 2.23. The number of amides is 3. The molecule has 8 nitrogen and oxygen atoms in total. The highest BCUT2D eigenvalue weighted by molar-refractivity contribution is 7.14. The molecule has 0 bridgehead atoms. The number of carbonyl (C=O) groups excluding carboxylic acids is 3. The van der Waals surface area contributed by atoms with Crippen molar-refractivity contribution in [3.05, 3.63) is 65.1 Å². The summed E-state index contributed by atoms with van der Waals surface area (Å²) in [7, 11) is 0. The van der Waals surface area contributed by atoms with Gasteiger partial charge in [0.25, 0.3) is 11.8 Å². The maximum absolute atomic E-state index is 12.3. The Morgan fingerprint density at radius 3 is 2.72 bits per heavy atom. The number of furan rings is 1. The van der Waals surface area contributed by atoms with E-state index in [4.69, 9.17) is 4.42 Å². The van der Waals surface area contributed by atoms with Crippen molar-refractivity contribution in [2.24, 2.45) is 0 Å². The van der Waals surface area contributed by atoms with E-state index in [2.05, 4.69) is 20.9 Å². The molecule has 1 aliphatic carbocycles. The molecule has 29 heavy (non-hydrogen) atoms. The second kappa shape index (κ2) is 8.27. The van der Waals surface area contributed by atoms with Crippen molar-refractivity contribution in [2.45, 2.75) is 25.3 Å². The van der Waals surface area contributed by atoms with Crippen LogP contribution < -0.4 is 16.0 Å². The minimum atomic E-state index is -0.401. The Morgan fingerprint density at radius 2 is 1.97 bits per heavy atom. The summed E-state index contributed by atoms with van der Waals surface area (Å²) in [5, 5.41) is 10.4. The molecule has 1 fully saturated rings. The lowest BCUT2D eigenvalue weighted by Gasteiger charge is -2.07. The summed E-state index contributed by atoms with van der Waals surface area (Å²) >= 11 is 1.22. The maximum Gasteiger partial charge on any atom is 0.293 e. The average molecular weight is 410 g/mol. The second-order valence-electron chi connectivity index (χ2n) is 6.63. The molecule has 2 aromatic heterocycles. The molecule has 1 aromatic carbocycles. The minimum absolute atomic E-state index is 0.0472. The van der Waals surface area contributed by atoms with Gasteiger partial charge in [-0.05, 0) is 43.2 Å². The van der Waals surface area contributed by atoms with Crippen LogP contribution in [0.15, 0.2) is 52.5 Å². The fourth-order valence-corrected chi connectivity index (χ4v) is 3.32. The number of hydrogen-bond donors (Lipinski definition) is 3. The van der Waals surface area contributed by atoms with Crippen molar-refractivity contribution in [1.29, 1.82) is 0 Å². The first kappa shape index (κ1) is 18.9. The van der Waals surface area contributed by atoms with Crippen LogP contribution in [0, 0.1) is 0 Å². The summed E-state index contributed by atoms with van der Waals surface area (Å²) in [6.07, 6.45) is 3.49. The predicted molar refractivity (Wildman–Crippen MR) is 108 cm³/mol. The molecule has 148 valence electrons. The number of rotatable bonds is 7. The number of carbonyl (C=O) groups is 3. The zero-order valence-electron chi connectivity index (χ0n) is 15.3. The van der Waals surface area contributed by atoms with Gasteiger partial charge in [0, 0.05) is 22.7 Å². The van der Waals surface area contributed by atoms with Crippen LogP contribution in [-0.4, -0.2) is 28.7 Å². The predicted octanol–water partition coefficient (Wildman–Crippen LogP) is 3.06. The van der Waals surface area contributed by atoms with E-state index in [1.165, 1.54) is 17.6 Å². The van der Waals surface area contributed by atoms with Crippen molar-refractivity contribution in [1.82, 2.24) is 10.3 Å². The summed E-state index contributed by atoms with van der Waals surface area (Å²) in [4.78, 5) is 40.6. The molecule has 9 heteroatoms. The van der Waals surface area contributed by atoms with Gasteiger partial charge in [0.1, 0.15) is 0 Å². The van der Waals surface area contributed by atoms with Gasteiger partial charge >= 0.3 is 0 Å². The molecule has 0 radical (unpaired) electrons. The molecule has 4 rings (SSSR count). The standard InChI is InChI=1S/C20H18N4O4S/c25-17(21-14-4-1-3-12(9-14)18(26)22-13-6-7-13)10-15-11-29-20(23-15)24-19(27)16-5-2-8-28-16/h1-5,8-9,11,13H,6-7,10H2,(H,21,25)(H,22,26)(H,23,24,27). The molecule has 0 saturated heterocycles. The Hall–Kier alpha value is -3.46. The lowest BCUT2D eigenvalue weighted by atomic mass is 10.2. The SMILES string of the molecule is O=C(Cc1csc(NC(=O)c2ccco2)n1)Nc1cccc(C(=O)NC2CC2)c1. The van der Waals surface area contributed by atoms with Crippen LogP contribution in [0.5, 0.6) is 0 Å². The molecular formula is C20H18N4O4S. The van der Waals surface area contributed by atoms with Crippen LogP contribution >= 0.6 is 11.3 Å². The smallest absolute Gasteiger partial charge is 0.293 e. The van der Waals surface area contributed by atoms with Gasteiger partial charge in [-0.25, -0.2) is 4.98 Å². The van der Waals surface area contributed by atoms with Crippen LogP contribution in [0.25, 0.3) is 0 Å². The average Bonchev–Trinajstić information content (AvgIpc) is 3.16. The van der Waals surface area contributed by atoms with Crippen LogP contribution in [-0.2, 0) is 11.2 Å². The lowest BCUT2D eigenvalue weighted by molar-refractivity contribution is -0.115. The van der Waals surface area contributed by atoms with Gasteiger partial charge in [0.15, 0.2) is 10.9 Å². The lowest BCUT2D eigenvalue weighted by Crippen LogP contribution is -2.25. The first-order chi connectivity index (χ1) is 14.1. The van der Waals surface area contributed by atoms with E-state index >= 15 is 0 Å². The summed E-state index contributed by atoms with van der Waals surface area (Å²) < 4.78 is 5.03. The van der Waals surface area contributed by atoms with Gasteiger partial charge in [-0.15, -0.1) is 11.3 Å².